The Morgan fingerprint density at radius 3 is 2.76 bits per heavy atom. The molecule has 2 amide bonds. The van der Waals surface area contributed by atoms with Crippen LogP contribution in [-0.4, -0.2) is 27.6 Å². The van der Waals surface area contributed by atoms with Gasteiger partial charge in [0.05, 0.1) is 17.0 Å². The highest BCUT2D eigenvalue weighted by Crippen LogP contribution is 2.42. The maximum atomic E-state index is 13.0. The quantitative estimate of drug-likeness (QED) is 0.898. The molecule has 25 heavy (non-hydrogen) atoms. The topological polar surface area (TPSA) is 61.8 Å². The summed E-state index contributed by atoms with van der Waals surface area (Å²) in [6.45, 7) is 1.83. The third kappa shape index (κ3) is 2.89. The van der Waals surface area contributed by atoms with Crippen LogP contribution in [0.15, 0.2) is 64.1 Å². The SMILES string of the molecule is CC1=C(C(=O)Nc2ccccc2)[C@@H](c2cccs2)N2C(=O)CSC2=N1. The van der Waals surface area contributed by atoms with Crippen LogP contribution in [0.3, 0.4) is 0 Å². The Kier molecular flexibility index (Phi) is 4.19. The van der Waals surface area contributed by atoms with Crippen LogP contribution in [0.1, 0.15) is 17.8 Å². The normalized spacial score (nSPS) is 19.7. The minimum atomic E-state index is -0.418. The van der Waals surface area contributed by atoms with Gasteiger partial charge >= 0.3 is 0 Å². The number of benzene rings is 1. The second-order valence-electron chi connectivity index (χ2n) is 5.68. The first kappa shape index (κ1) is 16.1. The summed E-state index contributed by atoms with van der Waals surface area (Å²) < 4.78 is 0. The van der Waals surface area contributed by atoms with E-state index in [2.05, 4.69) is 10.3 Å². The highest BCUT2D eigenvalue weighted by molar-refractivity contribution is 8.15. The molecule has 1 N–H and O–H groups in total. The molecule has 2 aliphatic heterocycles. The van der Waals surface area contributed by atoms with Crippen molar-refractivity contribution in [3.8, 4) is 0 Å². The molecule has 1 aromatic heterocycles. The summed E-state index contributed by atoms with van der Waals surface area (Å²) >= 11 is 2.96. The number of rotatable bonds is 3. The van der Waals surface area contributed by atoms with E-state index in [0.29, 0.717) is 22.2 Å². The zero-order valence-corrected chi connectivity index (χ0v) is 15.1. The van der Waals surface area contributed by atoms with Crippen LogP contribution in [0.4, 0.5) is 5.69 Å². The predicted molar refractivity (Wildman–Crippen MR) is 102 cm³/mol. The van der Waals surface area contributed by atoms with Crippen molar-refractivity contribution >= 4 is 45.8 Å². The molecule has 0 saturated carbocycles. The number of carbonyl (C=O) groups is 2. The van der Waals surface area contributed by atoms with Crippen LogP contribution < -0.4 is 5.32 Å². The Labute approximate surface area is 153 Å². The van der Waals surface area contributed by atoms with Gasteiger partial charge < -0.3 is 5.32 Å². The summed E-state index contributed by atoms with van der Waals surface area (Å²) in [4.78, 5) is 32.5. The number of nitrogens with one attached hydrogen (secondary N) is 1. The monoisotopic (exact) mass is 369 g/mol. The van der Waals surface area contributed by atoms with E-state index < -0.39 is 6.04 Å². The lowest BCUT2D eigenvalue weighted by molar-refractivity contribution is -0.125. The van der Waals surface area contributed by atoms with Gasteiger partial charge in [-0.2, -0.15) is 0 Å². The number of nitrogens with zero attached hydrogens (tertiary/aromatic N) is 2. The molecule has 1 saturated heterocycles. The van der Waals surface area contributed by atoms with Gasteiger partial charge in [-0.15, -0.1) is 11.3 Å². The number of para-hydroxylation sites is 1. The van der Waals surface area contributed by atoms with Gasteiger partial charge in [0.2, 0.25) is 5.91 Å². The molecule has 4 rings (SSSR count). The van der Waals surface area contributed by atoms with Crippen LogP contribution >= 0.6 is 23.1 Å². The maximum absolute atomic E-state index is 13.0. The van der Waals surface area contributed by atoms with Gasteiger partial charge in [-0.3, -0.25) is 14.5 Å². The highest BCUT2D eigenvalue weighted by atomic mass is 32.2. The number of aliphatic imine (C=N–C) groups is 1. The third-order valence-electron chi connectivity index (χ3n) is 4.07. The molecular formula is C18H15N3O2S2. The Balaban J connectivity index is 1.76. The van der Waals surface area contributed by atoms with Crippen LogP contribution in [0, 0.1) is 0 Å². The van der Waals surface area contributed by atoms with Crippen molar-refractivity contribution in [2.45, 2.75) is 13.0 Å². The van der Waals surface area contributed by atoms with Crippen molar-refractivity contribution in [1.29, 1.82) is 0 Å². The summed E-state index contributed by atoms with van der Waals surface area (Å²) in [6, 6.07) is 12.8. The molecule has 3 heterocycles. The van der Waals surface area contributed by atoms with Crippen molar-refractivity contribution < 1.29 is 9.59 Å². The molecular weight excluding hydrogens is 354 g/mol. The van der Waals surface area contributed by atoms with Gasteiger partial charge in [0.15, 0.2) is 5.17 Å². The molecule has 0 unspecified atom stereocenters. The van der Waals surface area contributed by atoms with Crippen molar-refractivity contribution in [3.05, 3.63) is 64.0 Å². The van der Waals surface area contributed by atoms with Crippen LogP contribution in [0.2, 0.25) is 0 Å². The van der Waals surface area contributed by atoms with E-state index in [0.717, 1.165) is 10.6 Å². The fourth-order valence-corrected chi connectivity index (χ4v) is 4.73. The van der Waals surface area contributed by atoms with Gasteiger partial charge in [0.25, 0.3) is 5.91 Å². The van der Waals surface area contributed by atoms with Crippen molar-refractivity contribution in [2.75, 3.05) is 11.1 Å². The van der Waals surface area contributed by atoms with E-state index in [-0.39, 0.29) is 11.8 Å². The summed E-state index contributed by atoms with van der Waals surface area (Å²) in [5.74, 6) is 0.121. The maximum Gasteiger partial charge on any atom is 0.255 e. The second kappa shape index (κ2) is 6.50. The summed E-state index contributed by atoms with van der Waals surface area (Å²) in [5.41, 5.74) is 1.89. The lowest BCUT2D eigenvalue weighted by Gasteiger charge is -2.32. The van der Waals surface area contributed by atoms with Gasteiger partial charge in [0.1, 0.15) is 6.04 Å². The molecule has 1 fully saturated rings. The number of hydrogen-bond acceptors (Lipinski definition) is 5. The molecule has 1 atom stereocenters. The summed E-state index contributed by atoms with van der Waals surface area (Å²) in [7, 11) is 0. The first-order valence-electron chi connectivity index (χ1n) is 7.79. The lowest BCUT2D eigenvalue weighted by Crippen LogP contribution is -2.40. The van der Waals surface area contributed by atoms with Gasteiger partial charge in [-0.25, -0.2) is 4.99 Å². The van der Waals surface area contributed by atoms with Crippen LogP contribution in [0.5, 0.6) is 0 Å². The zero-order chi connectivity index (χ0) is 17.4. The Bertz CT molecular complexity index is 888. The van der Waals surface area contributed by atoms with E-state index in [1.165, 1.54) is 23.1 Å². The average Bonchev–Trinajstić information content (AvgIpc) is 3.25. The molecule has 1 aromatic carbocycles. The molecule has 126 valence electrons. The van der Waals surface area contributed by atoms with E-state index in [1.54, 1.807) is 4.90 Å². The molecule has 2 aliphatic rings. The van der Waals surface area contributed by atoms with Crippen molar-refractivity contribution in [1.82, 2.24) is 4.90 Å². The van der Waals surface area contributed by atoms with Crippen molar-refractivity contribution in [3.63, 3.8) is 0 Å². The number of anilines is 1. The van der Waals surface area contributed by atoms with Crippen LogP contribution in [0.25, 0.3) is 0 Å². The number of carbonyl (C=O) groups excluding carboxylic acids is 2. The number of thiophene rings is 1. The van der Waals surface area contributed by atoms with Crippen LogP contribution in [-0.2, 0) is 9.59 Å². The molecule has 0 aliphatic carbocycles. The molecule has 0 bridgehead atoms. The standard InChI is InChI=1S/C18H15N3O2S2/c1-11-15(17(23)20-12-6-3-2-4-7-12)16(13-8-5-9-24-13)21-14(22)10-25-18(21)19-11/h2-9,16H,10H2,1H3,(H,20,23)/t16-/m1/s1. The Morgan fingerprint density at radius 2 is 2.04 bits per heavy atom. The van der Waals surface area contributed by atoms with E-state index in [9.17, 15) is 9.59 Å². The Hall–Kier alpha value is -2.38. The van der Waals surface area contributed by atoms with E-state index in [1.807, 2.05) is 54.8 Å². The fraction of sp³-hybridized carbons (Fsp3) is 0.167. The summed E-state index contributed by atoms with van der Waals surface area (Å²) in [5, 5.41) is 5.56. The number of amidine groups is 1. The van der Waals surface area contributed by atoms with E-state index in [4.69, 9.17) is 0 Å². The molecule has 5 nitrogen and oxygen atoms in total. The third-order valence-corrected chi connectivity index (χ3v) is 5.94. The molecule has 0 radical (unpaired) electrons. The van der Waals surface area contributed by atoms with Gasteiger partial charge in [-0.1, -0.05) is 36.0 Å². The fourth-order valence-electron chi connectivity index (χ4n) is 2.97. The van der Waals surface area contributed by atoms with E-state index >= 15 is 0 Å². The highest BCUT2D eigenvalue weighted by Gasteiger charge is 2.43. The minimum absolute atomic E-state index is 0.0142. The number of hydrogen-bond donors (Lipinski definition) is 1. The predicted octanol–water partition coefficient (Wildman–Crippen LogP) is 3.65. The Morgan fingerprint density at radius 1 is 1.24 bits per heavy atom. The summed E-state index contributed by atoms with van der Waals surface area (Å²) in [6.07, 6.45) is 0. The van der Waals surface area contributed by atoms with Gasteiger partial charge in [0, 0.05) is 10.6 Å². The first-order valence-corrected chi connectivity index (χ1v) is 9.66. The second-order valence-corrected chi connectivity index (χ2v) is 7.61. The number of amides is 2. The smallest absolute Gasteiger partial charge is 0.255 e. The zero-order valence-electron chi connectivity index (χ0n) is 13.4. The molecule has 7 heteroatoms. The largest absolute Gasteiger partial charge is 0.322 e. The number of allylic oxidation sites excluding steroid dienone is 1. The number of thioether (sulfide) groups is 1. The first-order chi connectivity index (χ1) is 12.1. The van der Waals surface area contributed by atoms with Gasteiger partial charge in [-0.05, 0) is 30.5 Å². The molecule has 2 aromatic rings. The average molecular weight is 369 g/mol. The minimum Gasteiger partial charge on any atom is -0.322 e. The lowest BCUT2D eigenvalue weighted by atomic mass is 9.99. The number of fused-ring (bicyclic) bond motifs is 1. The molecule has 0 spiro atoms. The van der Waals surface area contributed by atoms with Crippen molar-refractivity contribution in [2.24, 2.45) is 4.99 Å².